The van der Waals surface area contributed by atoms with E-state index in [0.717, 1.165) is 26.7 Å². The molecule has 26 heavy (non-hydrogen) atoms. The van der Waals surface area contributed by atoms with Gasteiger partial charge < -0.3 is 0 Å². The van der Waals surface area contributed by atoms with Crippen molar-refractivity contribution >= 4 is 17.1 Å². The lowest BCUT2D eigenvalue weighted by molar-refractivity contribution is 0.0943. The third-order valence-corrected chi connectivity index (χ3v) is 6.22. The molecular formula is C22H24N2OS. The summed E-state index contributed by atoms with van der Waals surface area (Å²) >= 11 is 1.59. The number of thiophene rings is 1. The largest absolute Gasteiger partial charge is 0.293 e. The summed E-state index contributed by atoms with van der Waals surface area (Å²) in [5, 5.41) is 4.97. The van der Waals surface area contributed by atoms with Gasteiger partial charge in [0.2, 0.25) is 0 Å². The molecule has 4 rings (SSSR count). The lowest BCUT2D eigenvalue weighted by Gasteiger charge is -2.13. The summed E-state index contributed by atoms with van der Waals surface area (Å²) in [5.74, 6) is 0.248. The molecule has 3 aromatic rings. The second-order valence-electron chi connectivity index (χ2n) is 7.35. The van der Waals surface area contributed by atoms with Gasteiger partial charge >= 0.3 is 0 Å². The van der Waals surface area contributed by atoms with Crippen LogP contribution in [0.1, 0.15) is 55.2 Å². The predicted octanol–water partition coefficient (Wildman–Crippen LogP) is 6.23. The van der Waals surface area contributed by atoms with Gasteiger partial charge in [-0.05, 0) is 31.0 Å². The summed E-state index contributed by atoms with van der Waals surface area (Å²) in [6.07, 6.45) is 4.91. The fraction of sp³-hybridized carbons (Fsp3) is 0.364. The molecule has 0 aliphatic heterocycles. The molecule has 0 spiro atoms. The Labute approximate surface area is 158 Å². The number of benzene rings is 1. The topological polar surface area (TPSA) is 34.9 Å². The summed E-state index contributed by atoms with van der Waals surface area (Å²) < 4.78 is 2.21. The highest BCUT2D eigenvalue weighted by atomic mass is 32.1. The highest BCUT2D eigenvalue weighted by Gasteiger charge is 2.24. The fourth-order valence-electron chi connectivity index (χ4n) is 3.65. The van der Waals surface area contributed by atoms with Crippen molar-refractivity contribution in [2.75, 3.05) is 0 Å². The maximum atomic E-state index is 12.3. The third kappa shape index (κ3) is 3.26. The summed E-state index contributed by atoms with van der Waals surface area (Å²) in [6.45, 7) is 3.91. The number of hydrogen-bond donors (Lipinski definition) is 0. The van der Waals surface area contributed by atoms with Crippen molar-refractivity contribution in [2.45, 2.75) is 45.6 Å². The van der Waals surface area contributed by atoms with E-state index >= 15 is 0 Å². The highest BCUT2D eigenvalue weighted by Crippen LogP contribution is 2.38. The minimum Gasteiger partial charge on any atom is -0.293 e. The number of ketones is 1. The lowest BCUT2D eigenvalue weighted by atomic mass is 10.1. The van der Waals surface area contributed by atoms with Gasteiger partial charge in [0.1, 0.15) is 0 Å². The normalized spacial score (nSPS) is 15.0. The SMILES string of the molecule is CC(C)C(=O)c1ccc(-c2cc(-c3ccccc3)nn2C2CCCC2)s1. The second-order valence-corrected chi connectivity index (χ2v) is 8.43. The van der Waals surface area contributed by atoms with Crippen LogP contribution in [-0.2, 0) is 0 Å². The van der Waals surface area contributed by atoms with Crippen molar-refractivity contribution in [3.05, 3.63) is 53.4 Å². The first-order valence-electron chi connectivity index (χ1n) is 9.43. The monoisotopic (exact) mass is 364 g/mol. The molecule has 4 heteroatoms. The van der Waals surface area contributed by atoms with Crippen LogP contribution in [0.5, 0.6) is 0 Å². The number of carbonyl (C=O) groups excluding carboxylic acids is 1. The van der Waals surface area contributed by atoms with E-state index in [0.29, 0.717) is 6.04 Å². The van der Waals surface area contributed by atoms with E-state index in [1.54, 1.807) is 11.3 Å². The van der Waals surface area contributed by atoms with E-state index in [2.05, 4.69) is 28.9 Å². The van der Waals surface area contributed by atoms with E-state index in [9.17, 15) is 4.79 Å². The Morgan fingerprint density at radius 3 is 2.54 bits per heavy atom. The van der Waals surface area contributed by atoms with Crippen molar-refractivity contribution in [2.24, 2.45) is 5.92 Å². The highest BCUT2D eigenvalue weighted by molar-refractivity contribution is 7.17. The maximum Gasteiger partial charge on any atom is 0.175 e. The summed E-state index contributed by atoms with van der Waals surface area (Å²) in [6, 6.07) is 17.0. The summed E-state index contributed by atoms with van der Waals surface area (Å²) in [5.41, 5.74) is 3.29. The van der Waals surface area contributed by atoms with Gasteiger partial charge in [-0.3, -0.25) is 9.48 Å². The average Bonchev–Trinajstić information content (AvgIpc) is 3.40. The van der Waals surface area contributed by atoms with Gasteiger partial charge in [0.05, 0.1) is 27.2 Å². The standard InChI is InChI=1S/C22H24N2OS/c1-15(2)22(25)21-13-12-20(26-21)19-14-18(16-8-4-3-5-9-16)23-24(19)17-10-6-7-11-17/h3-5,8-9,12-15,17H,6-7,10-11H2,1-2H3. The molecule has 0 bridgehead atoms. The molecule has 1 saturated carbocycles. The van der Waals surface area contributed by atoms with Crippen molar-refractivity contribution in [1.82, 2.24) is 9.78 Å². The van der Waals surface area contributed by atoms with Crippen LogP contribution in [0, 0.1) is 5.92 Å². The number of aromatic nitrogens is 2. The Balaban J connectivity index is 1.77. The lowest BCUT2D eigenvalue weighted by Crippen LogP contribution is -2.08. The van der Waals surface area contributed by atoms with E-state index in [1.807, 2.05) is 38.1 Å². The van der Waals surface area contributed by atoms with Gasteiger partial charge in [-0.25, -0.2) is 0 Å². The Morgan fingerprint density at radius 1 is 1.12 bits per heavy atom. The second kappa shape index (κ2) is 7.20. The molecule has 1 fully saturated rings. The van der Waals surface area contributed by atoms with E-state index < -0.39 is 0 Å². The number of Topliss-reactive ketones (excluding diaryl/α,β-unsaturated/α-hetero) is 1. The van der Waals surface area contributed by atoms with Crippen LogP contribution in [0.25, 0.3) is 21.8 Å². The zero-order valence-electron chi connectivity index (χ0n) is 15.3. The predicted molar refractivity (Wildman–Crippen MR) is 108 cm³/mol. The number of carbonyl (C=O) groups is 1. The first-order chi connectivity index (χ1) is 12.6. The minimum atomic E-state index is 0.0288. The van der Waals surface area contributed by atoms with Crippen LogP contribution in [0.4, 0.5) is 0 Å². The van der Waals surface area contributed by atoms with Crippen molar-refractivity contribution in [3.8, 4) is 21.8 Å². The zero-order chi connectivity index (χ0) is 18.1. The molecule has 134 valence electrons. The van der Waals surface area contributed by atoms with Crippen LogP contribution in [-0.4, -0.2) is 15.6 Å². The Morgan fingerprint density at radius 2 is 1.85 bits per heavy atom. The Hall–Kier alpha value is -2.20. The Bertz CT molecular complexity index is 901. The van der Waals surface area contributed by atoms with Gasteiger partial charge in [0.25, 0.3) is 0 Å². The molecule has 0 unspecified atom stereocenters. The van der Waals surface area contributed by atoms with Crippen LogP contribution in [0.3, 0.4) is 0 Å². The molecule has 1 aromatic carbocycles. The molecule has 3 nitrogen and oxygen atoms in total. The number of hydrogen-bond acceptors (Lipinski definition) is 3. The molecule has 2 aromatic heterocycles. The van der Waals surface area contributed by atoms with E-state index in [1.165, 1.54) is 25.7 Å². The van der Waals surface area contributed by atoms with E-state index in [4.69, 9.17) is 5.10 Å². The average molecular weight is 365 g/mol. The molecule has 0 N–H and O–H groups in total. The summed E-state index contributed by atoms with van der Waals surface area (Å²) in [7, 11) is 0. The molecule has 0 radical (unpaired) electrons. The number of nitrogens with zero attached hydrogens (tertiary/aromatic N) is 2. The molecule has 1 aliphatic rings. The van der Waals surface area contributed by atoms with Crippen LogP contribution < -0.4 is 0 Å². The quantitative estimate of drug-likeness (QED) is 0.503. The van der Waals surface area contributed by atoms with Gasteiger partial charge in [-0.15, -0.1) is 11.3 Å². The molecular weight excluding hydrogens is 340 g/mol. The number of rotatable bonds is 5. The van der Waals surface area contributed by atoms with Crippen molar-refractivity contribution in [3.63, 3.8) is 0 Å². The first kappa shape index (κ1) is 17.2. The van der Waals surface area contributed by atoms with Gasteiger partial charge in [-0.1, -0.05) is 57.0 Å². The third-order valence-electron chi connectivity index (χ3n) is 5.10. The van der Waals surface area contributed by atoms with Gasteiger partial charge in [0, 0.05) is 11.5 Å². The van der Waals surface area contributed by atoms with Crippen LogP contribution in [0.15, 0.2) is 48.5 Å². The van der Waals surface area contributed by atoms with Crippen LogP contribution >= 0.6 is 11.3 Å². The molecule has 0 atom stereocenters. The van der Waals surface area contributed by atoms with Crippen molar-refractivity contribution < 1.29 is 4.79 Å². The minimum absolute atomic E-state index is 0.0288. The molecule has 0 amide bonds. The van der Waals surface area contributed by atoms with Crippen molar-refractivity contribution in [1.29, 1.82) is 0 Å². The first-order valence-corrected chi connectivity index (χ1v) is 10.2. The zero-order valence-corrected chi connectivity index (χ0v) is 16.1. The van der Waals surface area contributed by atoms with Gasteiger partial charge in [-0.2, -0.15) is 5.10 Å². The fourth-order valence-corrected chi connectivity index (χ4v) is 4.75. The molecule has 2 heterocycles. The smallest absolute Gasteiger partial charge is 0.175 e. The van der Waals surface area contributed by atoms with Gasteiger partial charge in [0.15, 0.2) is 5.78 Å². The van der Waals surface area contributed by atoms with E-state index in [-0.39, 0.29) is 11.7 Å². The molecule has 0 saturated heterocycles. The van der Waals surface area contributed by atoms with Crippen LogP contribution in [0.2, 0.25) is 0 Å². The summed E-state index contributed by atoms with van der Waals surface area (Å²) in [4.78, 5) is 14.3. The maximum absolute atomic E-state index is 12.3. The Kier molecular flexibility index (Phi) is 4.77. The molecule has 1 aliphatic carbocycles.